The fourth-order valence-electron chi connectivity index (χ4n) is 4.32. The van der Waals surface area contributed by atoms with Crippen molar-refractivity contribution in [2.45, 2.75) is 32.1 Å². The number of aliphatic carboxylic acids is 1. The number of hydrogen-bond acceptors (Lipinski definition) is 4. The summed E-state index contributed by atoms with van der Waals surface area (Å²) in [7, 11) is -4.06. The fraction of sp³-hybridized carbons (Fsp3) is 0.192. The summed E-state index contributed by atoms with van der Waals surface area (Å²) >= 11 is 0. The molecule has 3 aromatic carbocycles. The highest BCUT2D eigenvalue weighted by Crippen LogP contribution is 2.32. The first-order valence-electron chi connectivity index (χ1n) is 10.8. The Balaban J connectivity index is 1.80. The number of carbonyl (C=O) groups is 1. The van der Waals surface area contributed by atoms with Gasteiger partial charge in [-0.15, -0.1) is 0 Å². The number of fused-ring (bicyclic) bond motifs is 1. The molecule has 0 aliphatic rings. The van der Waals surface area contributed by atoms with Gasteiger partial charge in [0.25, 0.3) is 10.0 Å². The Hall–Kier alpha value is -3.65. The van der Waals surface area contributed by atoms with Gasteiger partial charge in [-0.2, -0.15) is 0 Å². The predicted octanol–water partition coefficient (Wildman–Crippen LogP) is 5.42. The van der Waals surface area contributed by atoms with Gasteiger partial charge < -0.3 is 10.0 Å². The molecule has 0 unspecified atom stereocenters. The molecule has 0 fully saturated rings. The molecule has 0 bridgehead atoms. The first-order valence-corrected chi connectivity index (χ1v) is 12.3. The molecule has 0 amide bonds. The van der Waals surface area contributed by atoms with Crippen LogP contribution in [-0.4, -0.2) is 30.0 Å². The highest BCUT2D eigenvalue weighted by molar-refractivity contribution is 7.90. The minimum atomic E-state index is -4.06. The second kappa shape index (κ2) is 8.95. The van der Waals surface area contributed by atoms with Crippen LogP contribution in [0.4, 0.5) is 15.8 Å². The Bertz CT molecular complexity index is 1490. The van der Waals surface area contributed by atoms with Crippen molar-refractivity contribution >= 4 is 38.3 Å². The maximum Gasteiger partial charge on any atom is 0.307 e. The van der Waals surface area contributed by atoms with Crippen LogP contribution in [0.3, 0.4) is 0 Å². The molecule has 176 valence electrons. The van der Waals surface area contributed by atoms with E-state index in [1.165, 1.54) is 30.3 Å². The summed E-state index contributed by atoms with van der Waals surface area (Å²) in [6, 6.07) is 18.3. The van der Waals surface area contributed by atoms with Crippen molar-refractivity contribution < 1.29 is 22.7 Å². The molecule has 0 atom stereocenters. The average molecular weight is 481 g/mol. The molecule has 0 radical (unpaired) electrons. The molecule has 4 rings (SSSR count). The van der Waals surface area contributed by atoms with Crippen molar-refractivity contribution in [3.8, 4) is 0 Å². The standard InChI is InChI=1S/C26H25FN2O4S/c1-4-28(21-7-5-6-17(2)14-21)20-9-11-22(12-10-20)34(32,33)29-18(3)23(16-26(30)31)24-15-19(27)8-13-25(24)29/h5-15H,4,16H2,1-3H3,(H,30,31). The summed E-state index contributed by atoms with van der Waals surface area (Å²) in [5.41, 5.74) is 3.74. The van der Waals surface area contributed by atoms with Gasteiger partial charge in [-0.1, -0.05) is 12.1 Å². The van der Waals surface area contributed by atoms with Crippen molar-refractivity contribution in [3.05, 3.63) is 89.4 Å². The topological polar surface area (TPSA) is 79.6 Å². The monoisotopic (exact) mass is 480 g/mol. The third kappa shape index (κ3) is 4.17. The number of carboxylic acid groups (broad SMARTS) is 1. The fourth-order valence-corrected chi connectivity index (χ4v) is 5.90. The van der Waals surface area contributed by atoms with E-state index in [1.54, 1.807) is 19.1 Å². The molecule has 4 aromatic rings. The van der Waals surface area contributed by atoms with Gasteiger partial charge in [0.1, 0.15) is 5.82 Å². The van der Waals surface area contributed by atoms with Crippen molar-refractivity contribution in [2.75, 3.05) is 11.4 Å². The normalized spacial score (nSPS) is 11.6. The van der Waals surface area contributed by atoms with E-state index in [0.717, 1.165) is 20.9 Å². The Labute approximate surface area is 197 Å². The molecule has 0 aliphatic heterocycles. The zero-order chi connectivity index (χ0) is 24.6. The number of nitrogens with zero attached hydrogens (tertiary/aromatic N) is 2. The highest BCUT2D eigenvalue weighted by atomic mass is 32.2. The van der Waals surface area contributed by atoms with Gasteiger partial charge in [0.05, 0.1) is 16.8 Å². The van der Waals surface area contributed by atoms with Gasteiger partial charge in [0, 0.05) is 29.0 Å². The van der Waals surface area contributed by atoms with Crippen molar-refractivity contribution in [2.24, 2.45) is 0 Å². The van der Waals surface area contributed by atoms with Crippen LogP contribution in [-0.2, 0) is 21.2 Å². The third-order valence-corrected chi connectivity index (χ3v) is 7.71. The number of halogens is 1. The van der Waals surface area contributed by atoms with E-state index in [2.05, 4.69) is 11.0 Å². The maximum atomic E-state index is 13.9. The van der Waals surface area contributed by atoms with Crippen LogP contribution in [0.1, 0.15) is 23.7 Å². The van der Waals surface area contributed by atoms with E-state index in [4.69, 9.17) is 0 Å². The van der Waals surface area contributed by atoms with E-state index in [1.807, 2.05) is 32.0 Å². The number of hydrogen-bond donors (Lipinski definition) is 1. The summed E-state index contributed by atoms with van der Waals surface area (Å²) < 4.78 is 42.3. The Morgan fingerprint density at radius 1 is 1.00 bits per heavy atom. The summed E-state index contributed by atoms with van der Waals surface area (Å²) in [5, 5.41) is 9.58. The summed E-state index contributed by atoms with van der Waals surface area (Å²) in [6.45, 7) is 6.27. The molecule has 8 heteroatoms. The van der Waals surface area contributed by atoms with Gasteiger partial charge >= 0.3 is 5.97 Å². The lowest BCUT2D eigenvalue weighted by Crippen LogP contribution is -2.17. The molecule has 0 aliphatic carbocycles. The van der Waals surface area contributed by atoms with Crippen LogP contribution in [0.5, 0.6) is 0 Å². The lowest BCUT2D eigenvalue weighted by Gasteiger charge is -2.24. The van der Waals surface area contributed by atoms with Crippen LogP contribution in [0.2, 0.25) is 0 Å². The zero-order valence-corrected chi connectivity index (χ0v) is 19.9. The Morgan fingerprint density at radius 2 is 1.71 bits per heavy atom. The number of rotatable bonds is 7. The molecular formula is C26H25FN2O4S. The smallest absolute Gasteiger partial charge is 0.307 e. The van der Waals surface area contributed by atoms with E-state index in [-0.39, 0.29) is 27.1 Å². The number of anilines is 2. The molecule has 0 spiro atoms. The van der Waals surface area contributed by atoms with Gasteiger partial charge in [-0.25, -0.2) is 16.8 Å². The molecule has 0 saturated heterocycles. The number of aryl methyl sites for hydroxylation is 1. The van der Waals surface area contributed by atoms with Gasteiger partial charge in [-0.05, 0) is 86.5 Å². The zero-order valence-electron chi connectivity index (χ0n) is 19.1. The quantitative estimate of drug-likeness (QED) is 0.382. The summed E-state index contributed by atoms with van der Waals surface area (Å²) in [4.78, 5) is 13.5. The first kappa shape index (κ1) is 23.5. The number of carboxylic acids is 1. The lowest BCUT2D eigenvalue weighted by atomic mass is 10.1. The van der Waals surface area contributed by atoms with E-state index >= 15 is 0 Å². The van der Waals surface area contributed by atoms with Crippen LogP contribution < -0.4 is 4.90 Å². The van der Waals surface area contributed by atoms with E-state index in [0.29, 0.717) is 6.54 Å². The van der Waals surface area contributed by atoms with Gasteiger partial charge in [0.2, 0.25) is 0 Å². The van der Waals surface area contributed by atoms with E-state index in [9.17, 15) is 22.7 Å². The SMILES string of the molecule is CCN(c1ccc(S(=O)(=O)n2c(C)c(CC(=O)O)c3cc(F)ccc32)cc1)c1cccc(C)c1. The number of benzene rings is 3. The van der Waals surface area contributed by atoms with Crippen LogP contribution in [0.25, 0.3) is 10.9 Å². The third-order valence-electron chi connectivity index (χ3n) is 5.89. The van der Waals surface area contributed by atoms with Crippen LogP contribution >= 0.6 is 0 Å². The van der Waals surface area contributed by atoms with Crippen molar-refractivity contribution in [3.63, 3.8) is 0 Å². The van der Waals surface area contributed by atoms with Crippen molar-refractivity contribution in [1.82, 2.24) is 3.97 Å². The first-order chi connectivity index (χ1) is 16.1. The minimum absolute atomic E-state index is 0.0581. The molecule has 1 aromatic heterocycles. The second-order valence-electron chi connectivity index (χ2n) is 8.14. The summed E-state index contributed by atoms with van der Waals surface area (Å²) in [5.74, 6) is -1.68. The Kier molecular flexibility index (Phi) is 6.18. The van der Waals surface area contributed by atoms with Gasteiger partial charge in [-0.3, -0.25) is 4.79 Å². The van der Waals surface area contributed by atoms with Crippen LogP contribution in [0, 0.1) is 19.7 Å². The molecule has 34 heavy (non-hydrogen) atoms. The minimum Gasteiger partial charge on any atom is -0.481 e. The molecule has 6 nitrogen and oxygen atoms in total. The molecule has 0 saturated carbocycles. The van der Waals surface area contributed by atoms with Crippen molar-refractivity contribution in [1.29, 1.82) is 0 Å². The molecular weight excluding hydrogens is 455 g/mol. The van der Waals surface area contributed by atoms with Gasteiger partial charge in [0.15, 0.2) is 0 Å². The Morgan fingerprint density at radius 3 is 2.32 bits per heavy atom. The van der Waals surface area contributed by atoms with Crippen LogP contribution in [0.15, 0.2) is 71.6 Å². The summed E-state index contributed by atoms with van der Waals surface area (Å²) in [6.07, 6.45) is -0.408. The molecule has 1 N–H and O–H groups in total. The van der Waals surface area contributed by atoms with E-state index < -0.39 is 28.2 Å². The number of aromatic nitrogens is 1. The highest BCUT2D eigenvalue weighted by Gasteiger charge is 2.26. The average Bonchev–Trinajstić information content (AvgIpc) is 3.05. The maximum absolute atomic E-state index is 13.9. The largest absolute Gasteiger partial charge is 0.481 e. The second-order valence-corrected chi connectivity index (χ2v) is 9.93. The lowest BCUT2D eigenvalue weighted by molar-refractivity contribution is -0.136. The molecule has 1 heterocycles. The predicted molar refractivity (Wildman–Crippen MR) is 131 cm³/mol.